The Morgan fingerprint density at radius 1 is 1.06 bits per heavy atom. The zero-order valence-electron chi connectivity index (χ0n) is 17.1. The third-order valence-corrected chi connectivity index (χ3v) is 4.35. The maximum absolute atomic E-state index is 13.1. The number of nitrogens with one attached hydrogen (secondary N) is 1. The largest absolute Gasteiger partial charge is 0.457 e. The molecule has 2 aromatic carbocycles. The van der Waals surface area contributed by atoms with E-state index in [0.717, 1.165) is 36.4 Å². The van der Waals surface area contributed by atoms with E-state index in [2.05, 4.69) is 10.4 Å². The minimum Gasteiger partial charge on any atom is -0.457 e. The maximum Gasteiger partial charge on any atom is 0.416 e. The number of halogens is 7. The maximum atomic E-state index is 13.1. The van der Waals surface area contributed by atoms with Crippen LogP contribution in [0.25, 0.3) is 0 Å². The van der Waals surface area contributed by atoms with E-state index in [1.54, 1.807) is 0 Å². The summed E-state index contributed by atoms with van der Waals surface area (Å²) in [5, 5.41) is 16.6. The number of carbonyl (C=O) groups excluding carboxylic acids is 1. The molecule has 8 nitrogen and oxygen atoms in total. The summed E-state index contributed by atoms with van der Waals surface area (Å²) in [7, 11) is 0. The van der Waals surface area contributed by atoms with Crippen molar-refractivity contribution in [2.75, 3.05) is 5.32 Å². The summed E-state index contributed by atoms with van der Waals surface area (Å²) >= 11 is 0. The van der Waals surface area contributed by atoms with Gasteiger partial charge in [-0.25, -0.2) is 17.6 Å². The van der Waals surface area contributed by atoms with Crippen LogP contribution in [0.15, 0.2) is 48.5 Å². The van der Waals surface area contributed by atoms with Crippen molar-refractivity contribution in [3.05, 3.63) is 75.6 Å². The summed E-state index contributed by atoms with van der Waals surface area (Å²) in [4.78, 5) is 22.7. The fourth-order valence-electron chi connectivity index (χ4n) is 2.89. The number of anilines is 1. The van der Waals surface area contributed by atoms with Crippen molar-refractivity contribution >= 4 is 17.3 Å². The molecule has 0 aliphatic carbocycles. The Morgan fingerprint density at radius 3 is 2.37 bits per heavy atom. The van der Waals surface area contributed by atoms with E-state index in [1.165, 1.54) is 0 Å². The summed E-state index contributed by atoms with van der Waals surface area (Å²) in [6.07, 6.45) is -11.0. The van der Waals surface area contributed by atoms with Gasteiger partial charge in [0.25, 0.3) is 18.5 Å². The monoisotopic (exact) mass is 506 g/mol. The number of aromatic nitrogens is 2. The lowest BCUT2D eigenvalue weighted by atomic mass is 10.2. The molecule has 0 saturated heterocycles. The molecule has 35 heavy (non-hydrogen) atoms. The summed E-state index contributed by atoms with van der Waals surface area (Å²) in [5.41, 5.74) is -3.84. The number of hydrogen-bond donors (Lipinski definition) is 1. The topological polar surface area (TPSA) is 99.3 Å². The lowest BCUT2D eigenvalue weighted by Crippen LogP contribution is -2.21. The molecule has 1 heterocycles. The summed E-state index contributed by atoms with van der Waals surface area (Å²) in [6.45, 7) is -0.932. The Hall–Kier alpha value is -4.17. The van der Waals surface area contributed by atoms with E-state index in [0.29, 0.717) is 16.8 Å². The number of rotatable bonds is 8. The first-order chi connectivity index (χ1) is 16.3. The van der Waals surface area contributed by atoms with Gasteiger partial charge in [0, 0.05) is 12.1 Å². The molecule has 15 heteroatoms. The second kappa shape index (κ2) is 9.99. The first-order valence-corrected chi connectivity index (χ1v) is 9.42. The number of carbonyl (C=O) groups is 1. The number of nitro benzene ring substituents is 1. The van der Waals surface area contributed by atoms with E-state index >= 15 is 0 Å². The average Bonchev–Trinajstić information content (AvgIpc) is 3.17. The van der Waals surface area contributed by atoms with Crippen LogP contribution in [0.4, 0.5) is 42.1 Å². The van der Waals surface area contributed by atoms with E-state index < -0.39 is 59.0 Å². The van der Waals surface area contributed by atoms with Crippen molar-refractivity contribution < 1.29 is 45.2 Å². The van der Waals surface area contributed by atoms with Gasteiger partial charge in [0.05, 0.1) is 22.2 Å². The zero-order chi connectivity index (χ0) is 25.9. The predicted octanol–water partition coefficient (Wildman–Crippen LogP) is 6.12. The summed E-state index contributed by atoms with van der Waals surface area (Å²) in [5.74, 6) is -1.68. The third kappa shape index (κ3) is 6.45. The molecule has 0 saturated carbocycles. The lowest BCUT2D eigenvalue weighted by Gasteiger charge is -2.12. The van der Waals surface area contributed by atoms with Crippen LogP contribution in [0.5, 0.6) is 11.5 Å². The van der Waals surface area contributed by atoms with Gasteiger partial charge < -0.3 is 10.1 Å². The Balaban J connectivity index is 1.84. The third-order valence-electron chi connectivity index (χ3n) is 4.35. The average molecular weight is 506 g/mol. The van der Waals surface area contributed by atoms with Crippen molar-refractivity contribution in [3.8, 4) is 11.5 Å². The lowest BCUT2D eigenvalue weighted by molar-refractivity contribution is -0.384. The Morgan fingerprint density at radius 2 is 1.77 bits per heavy atom. The van der Waals surface area contributed by atoms with Gasteiger partial charge >= 0.3 is 6.18 Å². The molecular weight excluding hydrogens is 493 g/mol. The molecule has 0 fully saturated rings. The van der Waals surface area contributed by atoms with Gasteiger partial charge in [-0.2, -0.15) is 18.3 Å². The second-order valence-corrected chi connectivity index (χ2v) is 6.90. The molecule has 3 aromatic rings. The predicted molar refractivity (Wildman–Crippen MR) is 105 cm³/mol. The van der Waals surface area contributed by atoms with Crippen LogP contribution in [-0.2, 0) is 17.5 Å². The highest BCUT2D eigenvalue weighted by atomic mass is 19.4. The number of amides is 1. The number of ether oxygens (including phenoxy) is 1. The van der Waals surface area contributed by atoms with Gasteiger partial charge in [0.1, 0.15) is 29.4 Å². The van der Waals surface area contributed by atoms with Gasteiger partial charge in [-0.1, -0.05) is 6.07 Å². The molecule has 0 aliphatic heterocycles. The minimum absolute atomic E-state index is 0.272. The fraction of sp³-hybridized carbons (Fsp3) is 0.200. The van der Waals surface area contributed by atoms with Crippen LogP contribution in [0.2, 0.25) is 0 Å². The smallest absolute Gasteiger partial charge is 0.416 e. The quantitative estimate of drug-likeness (QED) is 0.226. The molecule has 0 spiro atoms. The number of alkyl halides is 7. The highest BCUT2D eigenvalue weighted by Gasteiger charge is 2.30. The van der Waals surface area contributed by atoms with Gasteiger partial charge in [0.2, 0.25) is 5.91 Å². The van der Waals surface area contributed by atoms with Gasteiger partial charge in [-0.15, -0.1) is 0 Å². The first-order valence-electron chi connectivity index (χ1n) is 9.42. The number of nitrogens with zero attached hydrogens (tertiary/aromatic N) is 3. The van der Waals surface area contributed by atoms with E-state index in [1.807, 2.05) is 0 Å². The second-order valence-electron chi connectivity index (χ2n) is 6.90. The van der Waals surface area contributed by atoms with Crippen molar-refractivity contribution in [1.82, 2.24) is 9.78 Å². The van der Waals surface area contributed by atoms with Gasteiger partial charge in [-0.3, -0.25) is 19.6 Å². The Kier molecular flexibility index (Phi) is 7.26. The summed E-state index contributed by atoms with van der Waals surface area (Å²) in [6, 6.07) is 6.89. The van der Waals surface area contributed by atoms with E-state index in [4.69, 9.17) is 4.74 Å². The van der Waals surface area contributed by atoms with Crippen LogP contribution >= 0.6 is 0 Å². The first kappa shape index (κ1) is 25.5. The van der Waals surface area contributed by atoms with Crippen molar-refractivity contribution in [2.24, 2.45) is 0 Å². The van der Waals surface area contributed by atoms with Crippen molar-refractivity contribution in [1.29, 1.82) is 0 Å². The van der Waals surface area contributed by atoms with Crippen LogP contribution in [0, 0.1) is 10.1 Å². The SMILES string of the molecule is O=C(Cn1nc(C(F)F)cc1C(F)F)Nc1cc(Oc2cccc(C(F)(F)F)c2)cc([N+](=O)[O-])c1. The zero-order valence-corrected chi connectivity index (χ0v) is 17.1. The molecule has 0 bridgehead atoms. The normalized spacial score (nSPS) is 11.7. The highest BCUT2D eigenvalue weighted by Crippen LogP contribution is 2.34. The molecule has 0 unspecified atom stereocenters. The van der Waals surface area contributed by atoms with Crippen LogP contribution in [0.3, 0.4) is 0 Å². The van der Waals surface area contributed by atoms with Crippen molar-refractivity contribution in [3.63, 3.8) is 0 Å². The van der Waals surface area contributed by atoms with Gasteiger partial charge in [-0.05, 0) is 24.3 Å². The number of non-ortho nitro benzene ring substituents is 1. The number of benzene rings is 2. The molecular formula is C20H13F7N4O4. The van der Waals surface area contributed by atoms with Crippen LogP contribution < -0.4 is 10.1 Å². The minimum atomic E-state index is -4.67. The summed E-state index contributed by atoms with van der Waals surface area (Å²) < 4.78 is 96.1. The molecule has 0 aliphatic rings. The molecule has 1 aromatic heterocycles. The standard InChI is InChI=1S/C20H13F7N4O4/c21-18(22)15-8-16(19(23)24)30(29-15)9-17(32)28-11-5-12(31(33)34)7-14(6-11)35-13-3-1-2-10(4-13)20(25,26)27/h1-8,18-19H,9H2,(H,28,32). The molecule has 0 radical (unpaired) electrons. The van der Waals surface area contributed by atoms with E-state index in [9.17, 15) is 45.6 Å². The van der Waals surface area contributed by atoms with Crippen LogP contribution in [-0.4, -0.2) is 20.6 Å². The number of nitro groups is 1. The molecule has 3 rings (SSSR count). The highest BCUT2D eigenvalue weighted by molar-refractivity contribution is 5.91. The molecule has 1 N–H and O–H groups in total. The molecule has 0 atom stereocenters. The van der Waals surface area contributed by atoms with Gasteiger partial charge in [0.15, 0.2) is 0 Å². The molecule has 186 valence electrons. The van der Waals surface area contributed by atoms with Crippen molar-refractivity contribution in [2.45, 2.75) is 25.6 Å². The Bertz CT molecular complexity index is 1240. The fourth-order valence-corrected chi connectivity index (χ4v) is 2.89. The Labute approximate surface area is 191 Å². The van der Waals surface area contributed by atoms with E-state index in [-0.39, 0.29) is 17.2 Å². The molecule has 1 amide bonds. The number of hydrogen-bond acceptors (Lipinski definition) is 5. The van der Waals surface area contributed by atoms with Crippen LogP contribution in [0.1, 0.15) is 29.8 Å².